The summed E-state index contributed by atoms with van der Waals surface area (Å²) in [5, 5.41) is 8.20. The molecule has 0 heterocycles. The number of halogens is 1. The fraction of sp³-hybridized carbons (Fsp3) is 0.500. The zero-order valence-corrected chi connectivity index (χ0v) is 13.6. The Morgan fingerprint density at radius 3 is 2.48 bits per heavy atom. The maximum absolute atomic E-state index is 12.4. The molecule has 3 N–H and O–H groups in total. The number of nitrogens with two attached hydrogens (primary N) is 1. The smallest absolute Gasteiger partial charge is 0.251 e. The molecule has 0 unspecified atom stereocenters. The number of amides is 1. The van der Waals surface area contributed by atoms with E-state index in [1.807, 2.05) is 6.92 Å². The van der Waals surface area contributed by atoms with Gasteiger partial charge in [0.05, 0.1) is 5.02 Å². The van der Waals surface area contributed by atoms with E-state index in [0.717, 1.165) is 25.7 Å². The third-order valence-electron chi connectivity index (χ3n) is 4.16. The predicted octanol–water partition coefficient (Wildman–Crippen LogP) is 2.36. The highest BCUT2D eigenvalue weighted by atomic mass is 35.5. The number of nitrogens with one attached hydrogen (secondary N) is 1. The first-order valence-electron chi connectivity index (χ1n) is 6.84. The Labute approximate surface area is 129 Å². The van der Waals surface area contributed by atoms with Gasteiger partial charge >= 0.3 is 0 Å². The second-order valence-electron chi connectivity index (χ2n) is 5.59. The number of hydrogen-bond donors (Lipinski definition) is 2. The number of carbonyl (C=O) groups is 1. The molecule has 0 aliphatic heterocycles. The monoisotopic (exact) mass is 330 g/mol. The quantitative estimate of drug-likeness (QED) is 0.888. The van der Waals surface area contributed by atoms with E-state index in [2.05, 4.69) is 5.32 Å². The first-order valence-corrected chi connectivity index (χ1v) is 8.76. The van der Waals surface area contributed by atoms with Crippen molar-refractivity contribution in [2.45, 2.75) is 50.0 Å². The van der Waals surface area contributed by atoms with Crippen LogP contribution in [0.3, 0.4) is 0 Å². The Hall–Kier alpha value is -1.11. The van der Waals surface area contributed by atoms with Crippen molar-refractivity contribution in [3.05, 3.63) is 28.3 Å². The maximum Gasteiger partial charge on any atom is 0.251 e. The van der Waals surface area contributed by atoms with Crippen LogP contribution in [0.25, 0.3) is 0 Å². The largest absolute Gasteiger partial charge is 0.347 e. The zero-order chi connectivity index (χ0) is 15.8. The molecule has 0 aromatic heterocycles. The highest BCUT2D eigenvalue weighted by molar-refractivity contribution is 7.89. The van der Waals surface area contributed by atoms with E-state index >= 15 is 0 Å². The Bertz CT molecular complexity index is 676. The van der Waals surface area contributed by atoms with Gasteiger partial charge in [-0.05, 0) is 50.3 Å². The molecule has 1 saturated carbocycles. The van der Waals surface area contributed by atoms with Crippen molar-refractivity contribution in [1.82, 2.24) is 5.32 Å². The van der Waals surface area contributed by atoms with E-state index < -0.39 is 10.0 Å². The van der Waals surface area contributed by atoms with E-state index in [4.69, 9.17) is 16.7 Å². The van der Waals surface area contributed by atoms with Crippen molar-refractivity contribution in [3.8, 4) is 0 Å². The second-order valence-corrected chi connectivity index (χ2v) is 7.50. The van der Waals surface area contributed by atoms with Crippen molar-refractivity contribution in [2.75, 3.05) is 0 Å². The molecule has 0 radical (unpaired) electrons. The van der Waals surface area contributed by atoms with Crippen molar-refractivity contribution >= 4 is 27.5 Å². The molecule has 2 rings (SSSR count). The average molecular weight is 331 g/mol. The predicted molar refractivity (Wildman–Crippen MR) is 81.9 cm³/mol. The minimum absolute atomic E-state index is 0.0582. The first kappa shape index (κ1) is 16.3. The van der Waals surface area contributed by atoms with Crippen molar-refractivity contribution in [2.24, 2.45) is 5.14 Å². The maximum atomic E-state index is 12.4. The Morgan fingerprint density at radius 1 is 1.43 bits per heavy atom. The number of benzene rings is 1. The minimum atomic E-state index is -3.96. The molecule has 1 aliphatic carbocycles. The van der Waals surface area contributed by atoms with Gasteiger partial charge in [-0.1, -0.05) is 18.5 Å². The zero-order valence-electron chi connectivity index (χ0n) is 12.1. The van der Waals surface area contributed by atoms with Crippen LogP contribution >= 0.6 is 11.6 Å². The highest BCUT2D eigenvalue weighted by Crippen LogP contribution is 2.35. The minimum Gasteiger partial charge on any atom is -0.347 e. The molecule has 116 valence electrons. The molecule has 7 heteroatoms. The molecule has 0 saturated heterocycles. The van der Waals surface area contributed by atoms with E-state index in [0.29, 0.717) is 5.56 Å². The van der Waals surface area contributed by atoms with Crippen LogP contribution in [0.5, 0.6) is 0 Å². The van der Waals surface area contributed by atoms with Crippen LogP contribution in [-0.4, -0.2) is 19.9 Å². The van der Waals surface area contributed by atoms with Gasteiger partial charge < -0.3 is 5.32 Å². The summed E-state index contributed by atoms with van der Waals surface area (Å²) in [6.07, 6.45) is 3.84. The topological polar surface area (TPSA) is 89.3 Å². The fourth-order valence-electron chi connectivity index (χ4n) is 2.56. The van der Waals surface area contributed by atoms with Gasteiger partial charge in [-0.3, -0.25) is 4.79 Å². The van der Waals surface area contributed by atoms with Crippen LogP contribution in [0, 0.1) is 6.92 Å². The Balaban J connectivity index is 2.36. The molecule has 5 nitrogen and oxygen atoms in total. The fourth-order valence-corrected chi connectivity index (χ4v) is 3.69. The van der Waals surface area contributed by atoms with Gasteiger partial charge in [0.1, 0.15) is 4.90 Å². The molecule has 1 fully saturated rings. The van der Waals surface area contributed by atoms with Crippen molar-refractivity contribution < 1.29 is 13.2 Å². The van der Waals surface area contributed by atoms with Gasteiger partial charge in [0, 0.05) is 11.1 Å². The summed E-state index contributed by atoms with van der Waals surface area (Å²) in [6.45, 7) is 3.68. The molecule has 0 atom stereocenters. The summed E-state index contributed by atoms with van der Waals surface area (Å²) in [7, 11) is -3.96. The molecule has 0 spiro atoms. The lowest BCUT2D eigenvalue weighted by Crippen LogP contribution is -2.53. The Kier molecular flexibility index (Phi) is 4.33. The van der Waals surface area contributed by atoms with E-state index in [1.165, 1.54) is 6.07 Å². The van der Waals surface area contributed by atoms with Crippen molar-refractivity contribution in [1.29, 1.82) is 0 Å². The summed E-state index contributed by atoms with van der Waals surface area (Å²) in [6, 6.07) is 2.82. The summed E-state index contributed by atoms with van der Waals surface area (Å²) < 4.78 is 23.1. The lowest BCUT2D eigenvalue weighted by Gasteiger charge is -2.42. The number of hydrogen-bond acceptors (Lipinski definition) is 3. The molecule has 1 aliphatic rings. The van der Waals surface area contributed by atoms with Crippen LogP contribution in [0.15, 0.2) is 17.0 Å². The van der Waals surface area contributed by atoms with Crippen LogP contribution in [0.4, 0.5) is 0 Å². The summed E-state index contributed by atoms with van der Waals surface area (Å²) in [5.41, 5.74) is 0.611. The number of aryl methyl sites for hydroxylation is 1. The standard InChI is InChI=1S/C14H19ClN2O3S/c1-3-14(5-4-6-14)17-13(18)10-7-9(2)12(15)11(8-10)21(16,19)20/h7-8H,3-6H2,1-2H3,(H,17,18)(H2,16,19,20). The Morgan fingerprint density at radius 2 is 2.05 bits per heavy atom. The number of carbonyl (C=O) groups excluding carboxylic acids is 1. The molecule has 1 amide bonds. The van der Waals surface area contributed by atoms with Crippen LogP contribution in [-0.2, 0) is 10.0 Å². The summed E-state index contributed by atoms with van der Waals surface area (Å²) in [5.74, 6) is -0.291. The van der Waals surface area contributed by atoms with Crippen LogP contribution in [0.2, 0.25) is 5.02 Å². The number of primary sulfonamides is 1. The van der Waals surface area contributed by atoms with Crippen LogP contribution in [0.1, 0.15) is 48.5 Å². The summed E-state index contributed by atoms with van der Waals surface area (Å²) in [4.78, 5) is 12.2. The number of rotatable bonds is 4. The SMILES string of the molecule is CCC1(NC(=O)c2cc(C)c(Cl)c(S(N)(=O)=O)c2)CCC1. The van der Waals surface area contributed by atoms with Gasteiger partial charge in [-0.15, -0.1) is 0 Å². The second kappa shape index (κ2) is 5.59. The van der Waals surface area contributed by atoms with Crippen molar-refractivity contribution in [3.63, 3.8) is 0 Å². The van der Waals surface area contributed by atoms with Gasteiger partial charge in [-0.2, -0.15) is 0 Å². The van der Waals surface area contributed by atoms with Crippen LogP contribution < -0.4 is 10.5 Å². The third kappa shape index (κ3) is 3.22. The van der Waals surface area contributed by atoms with Gasteiger partial charge in [0.25, 0.3) is 5.91 Å². The van der Waals surface area contributed by atoms with E-state index in [9.17, 15) is 13.2 Å². The average Bonchev–Trinajstić information content (AvgIpc) is 2.35. The van der Waals surface area contributed by atoms with Gasteiger partial charge in [-0.25, -0.2) is 13.6 Å². The lowest BCUT2D eigenvalue weighted by molar-refractivity contribution is 0.0820. The normalized spacial score (nSPS) is 17.1. The molecular weight excluding hydrogens is 312 g/mol. The molecule has 1 aromatic rings. The third-order valence-corrected chi connectivity index (χ3v) is 5.70. The number of sulfonamides is 1. The van der Waals surface area contributed by atoms with Gasteiger partial charge in [0.2, 0.25) is 10.0 Å². The summed E-state index contributed by atoms with van der Waals surface area (Å²) >= 11 is 5.96. The molecular formula is C14H19ClN2O3S. The van der Waals surface area contributed by atoms with E-state index in [-0.39, 0.29) is 26.9 Å². The lowest BCUT2D eigenvalue weighted by atomic mass is 9.74. The molecule has 1 aromatic carbocycles. The van der Waals surface area contributed by atoms with E-state index in [1.54, 1.807) is 13.0 Å². The van der Waals surface area contributed by atoms with Gasteiger partial charge in [0.15, 0.2) is 0 Å². The molecule has 21 heavy (non-hydrogen) atoms. The highest BCUT2D eigenvalue weighted by Gasteiger charge is 2.36. The first-order chi connectivity index (χ1) is 9.68. The molecule has 0 bridgehead atoms.